The number of benzene rings is 3. The number of amides is 1. The predicted molar refractivity (Wildman–Crippen MR) is 117 cm³/mol. The van der Waals surface area contributed by atoms with E-state index in [1.807, 2.05) is 30.3 Å². The number of methoxy groups -OCH3 is 1. The first-order valence-electron chi connectivity index (χ1n) is 10.2. The van der Waals surface area contributed by atoms with Gasteiger partial charge in [-0.2, -0.15) is 13.2 Å². The standard InChI is InChI=1S/C25H24F3NO4/c1-32-23-15-20(9-12-22(23)33-17-19-5-3-2-4-6-19)16-29(24(31)25(26,27)28)14-13-18-7-10-21(30)11-8-18/h2-12,15,30H,13-14,16-17H2,1H3. The first-order chi connectivity index (χ1) is 15.8. The number of phenols is 1. The van der Waals surface area contributed by atoms with Gasteiger partial charge in [-0.25, -0.2) is 0 Å². The maximum Gasteiger partial charge on any atom is 0.471 e. The third-order valence-corrected chi connectivity index (χ3v) is 4.98. The van der Waals surface area contributed by atoms with Crippen molar-refractivity contribution in [3.63, 3.8) is 0 Å². The molecule has 0 aliphatic carbocycles. The second-order valence-corrected chi connectivity index (χ2v) is 7.40. The van der Waals surface area contributed by atoms with Crippen LogP contribution in [0.4, 0.5) is 13.2 Å². The van der Waals surface area contributed by atoms with Crippen LogP contribution in [0.25, 0.3) is 0 Å². The molecule has 0 saturated carbocycles. The molecule has 174 valence electrons. The Labute approximate surface area is 190 Å². The second kappa shape index (κ2) is 10.8. The van der Waals surface area contributed by atoms with Crippen molar-refractivity contribution in [2.75, 3.05) is 13.7 Å². The minimum atomic E-state index is -4.99. The number of hydrogen-bond acceptors (Lipinski definition) is 4. The number of rotatable bonds is 9. The number of carbonyl (C=O) groups is 1. The Hall–Kier alpha value is -3.68. The Morgan fingerprint density at radius 2 is 1.58 bits per heavy atom. The summed E-state index contributed by atoms with van der Waals surface area (Å²) >= 11 is 0. The van der Waals surface area contributed by atoms with Gasteiger partial charge >= 0.3 is 12.1 Å². The van der Waals surface area contributed by atoms with E-state index in [1.165, 1.54) is 19.2 Å². The number of nitrogens with zero attached hydrogens (tertiary/aromatic N) is 1. The Kier molecular flexibility index (Phi) is 7.82. The third kappa shape index (κ3) is 6.90. The minimum absolute atomic E-state index is 0.0589. The molecule has 0 spiro atoms. The van der Waals surface area contributed by atoms with Crippen molar-refractivity contribution >= 4 is 5.91 Å². The van der Waals surface area contributed by atoms with Gasteiger partial charge in [-0.15, -0.1) is 0 Å². The van der Waals surface area contributed by atoms with Crippen LogP contribution in [0.1, 0.15) is 16.7 Å². The van der Waals surface area contributed by atoms with E-state index >= 15 is 0 Å². The van der Waals surface area contributed by atoms with Gasteiger partial charge < -0.3 is 19.5 Å². The van der Waals surface area contributed by atoms with Crippen LogP contribution in [0, 0.1) is 0 Å². The molecule has 0 radical (unpaired) electrons. The van der Waals surface area contributed by atoms with Crippen LogP contribution in [0.5, 0.6) is 17.2 Å². The molecule has 3 rings (SSSR count). The normalized spacial score (nSPS) is 11.2. The molecule has 1 N–H and O–H groups in total. The fraction of sp³-hybridized carbons (Fsp3) is 0.240. The molecule has 0 saturated heterocycles. The van der Waals surface area contributed by atoms with Crippen molar-refractivity contribution in [3.05, 3.63) is 89.5 Å². The average Bonchev–Trinajstić information content (AvgIpc) is 2.81. The summed E-state index contributed by atoms with van der Waals surface area (Å²) in [5.74, 6) is -1.04. The summed E-state index contributed by atoms with van der Waals surface area (Å²) in [5.41, 5.74) is 2.14. The van der Waals surface area contributed by atoms with Crippen LogP contribution < -0.4 is 9.47 Å². The second-order valence-electron chi connectivity index (χ2n) is 7.40. The van der Waals surface area contributed by atoms with E-state index in [-0.39, 0.29) is 25.3 Å². The highest BCUT2D eigenvalue weighted by Crippen LogP contribution is 2.30. The van der Waals surface area contributed by atoms with Gasteiger partial charge in [0.2, 0.25) is 0 Å². The van der Waals surface area contributed by atoms with E-state index in [0.717, 1.165) is 10.5 Å². The predicted octanol–water partition coefficient (Wildman–Crippen LogP) is 5.11. The molecule has 0 unspecified atom stereocenters. The quantitative estimate of drug-likeness (QED) is 0.483. The molecule has 3 aromatic rings. The number of phenolic OH excluding ortho intramolecular Hbond substituents is 1. The maximum absolute atomic E-state index is 13.2. The topological polar surface area (TPSA) is 59.0 Å². The maximum atomic E-state index is 13.2. The molecule has 33 heavy (non-hydrogen) atoms. The number of ether oxygens (including phenoxy) is 2. The van der Waals surface area contributed by atoms with E-state index < -0.39 is 12.1 Å². The van der Waals surface area contributed by atoms with E-state index in [4.69, 9.17) is 9.47 Å². The molecule has 0 bridgehead atoms. The van der Waals surface area contributed by atoms with E-state index in [0.29, 0.717) is 29.2 Å². The SMILES string of the molecule is COc1cc(CN(CCc2ccc(O)cc2)C(=O)C(F)(F)F)ccc1OCc1ccccc1. The minimum Gasteiger partial charge on any atom is -0.508 e. The zero-order valence-corrected chi connectivity index (χ0v) is 18.0. The van der Waals surface area contributed by atoms with Crippen molar-refractivity contribution in [1.82, 2.24) is 4.90 Å². The molecular weight excluding hydrogens is 435 g/mol. The largest absolute Gasteiger partial charge is 0.508 e. The van der Waals surface area contributed by atoms with Crippen molar-refractivity contribution < 1.29 is 32.5 Å². The van der Waals surface area contributed by atoms with Crippen LogP contribution >= 0.6 is 0 Å². The van der Waals surface area contributed by atoms with Crippen LogP contribution in [0.15, 0.2) is 72.8 Å². The van der Waals surface area contributed by atoms with E-state index in [2.05, 4.69) is 0 Å². The molecule has 5 nitrogen and oxygen atoms in total. The Morgan fingerprint density at radius 3 is 2.21 bits per heavy atom. The number of aromatic hydroxyl groups is 1. The molecule has 0 aliphatic heterocycles. The highest BCUT2D eigenvalue weighted by atomic mass is 19.4. The van der Waals surface area contributed by atoms with Crippen LogP contribution in [-0.4, -0.2) is 35.7 Å². The fourth-order valence-electron chi connectivity index (χ4n) is 3.24. The van der Waals surface area contributed by atoms with Gasteiger partial charge in [0.15, 0.2) is 11.5 Å². The molecule has 8 heteroatoms. The van der Waals surface area contributed by atoms with Gasteiger partial charge in [0.1, 0.15) is 12.4 Å². The zero-order chi connectivity index (χ0) is 23.8. The highest BCUT2D eigenvalue weighted by Gasteiger charge is 2.42. The summed E-state index contributed by atoms with van der Waals surface area (Å²) in [4.78, 5) is 12.8. The summed E-state index contributed by atoms with van der Waals surface area (Å²) in [5, 5.41) is 9.36. The first-order valence-corrected chi connectivity index (χ1v) is 10.2. The monoisotopic (exact) mass is 459 g/mol. The Balaban J connectivity index is 1.73. The molecule has 0 atom stereocenters. The lowest BCUT2D eigenvalue weighted by molar-refractivity contribution is -0.186. The lowest BCUT2D eigenvalue weighted by atomic mass is 10.1. The van der Waals surface area contributed by atoms with Gasteiger partial charge in [0, 0.05) is 13.1 Å². The molecule has 0 fully saturated rings. The average molecular weight is 459 g/mol. The third-order valence-electron chi connectivity index (χ3n) is 4.98. The summed E-state index contributed by atoms with van der Waals surface area (Å²) in [6.07, 6.45) is -4.78. The lowest BCUT2D eigenvalue weighted by Gasteiger charge is -2.24. The zero-order valence-electron chi connectivity index (χ0n) is 18.0. The van der Waals surface area contributed by atoms with Crippen LogP contribution in [0.2, 0.25) is 0 Å². The van der Waals surface area contributed by atoms with Crippen molar-refractivity contribution in [3.8, 4) is 17.2 Å². The van der Waals surface area contributed by atoms with E-state index in [9.17, 15) is 23.1 Å². The van der Waals surface area contributed by atoms with Crippen LogP contribution in [0.3, 0.4) is 0 Å². The lowest BCUT2D eigenvalue weighted by Crippen LogP contribution is -2.41. The number of carbonyl (C=O) groups excluding carboxylic acids is 1. The molecule has 0 aliphatic rings. The highest BCUT2D eigenvalue weighted by molar-refractivity contribution is 5.81. The van der Waals surface area contributed by atoms with Crippen molar-refractivity contribution in [2.24, 2.45) is 0 Å². The molecular formula is C25H24F3NO4. The summed E-state index contributed by atoms with van der Waals surface area (Å²) in [6, 6.07) is 20.4. The molecule has 3 aromatic carbocycles. The molecule has 0 aromatic heterocycles. The van der Waals surface area contributed by atoms with E-state index in [1.54, 1.807) is 30.3 Å². The van der Waals surface area contributed by atoms with Gasteiger partial charge in [0.05, 0.1) is 7.11 Å². The van der Waals surface area contributed by atoms with Crippen molar-refractivity contribution in [2.45, 2.75) is 25.7 Å². The van der Waals surface area contributed by atoms with Crippen LogP contribution in [-0.2, 0) is 24.4 Å². The van der Waals surface area contributed by atoms with Gasteiger partial charge in [0.25, 0.3) is 0 Å². The summed E-state index contributed by atoms with van der Waals surface area (Å²) in [7, 11) is 1.44. The Bertz CT molecular complexity index is 1050. The van der Waals surface area contributed by atoms with Gasteiger partial charge in [-0.1, -0.05) is 48.5 Å². The van der Waals surface area contributed by atoms with Gasteiger partial charge in [-0.3, -0.25) is 4.79 Å². The first kappa shape index (κ1) is 24.0. The smallest absolute Gasteiger partial charge is 0.471 e. The number of halogens is 3. The molecule has 0 heterocycles. The van der Waals surface area contributed by atoms with Crippen molar-refractivity contribution in [1.29, 1.82) is 0 Å². The summed E-state index contributed by atoms with van der Waals surface area (Å²) in [6.45, 7) is -0.0781. The van der Waals surface area contributed by atoms with Gasteiger partial charge in [-0.05, 0) is 47.4 Å². The Morgan fingerprint density at radius 1 is 0.909 bits per heavy atom. The number of hydrogen-bond donors (Lipinski definition) is 1. The summed E-state index contributed by atoms with van der Waals surface area (Å²) < 4.78 is 50.7. The fourth-order valence-corrected chi connectivity index (χ4v) is 3.24. The number of alkyl halides is 3. The molecule has 1 amide bonds.